The van der Waals surface area contributed by atoms with E-state index in [4.69, 9.17) is 4.42 Å². The molecule has 2 heterocycles. The van der Waals surface area contributed by atoms with Crippen molar-refractivity contribution in [2.45, 2.75) is 39.2 Å². The fraction of sp³-hybridized carbons (Fsp3) is 0.259. The Morgan fingerprint density at radius 1 is 1.09 bits per heavy atom. The standard InChI is InChI=1S/C27H27N3O3/c1-17-13-18(2)15-19(14-17)28-25(32)16-30-22-9-4-3-7-20(22)29-21-8-5-10-23(31)26(21)27(30)24-11-6-12-33-24/h3-4,6-7,9,11-15,27,29H,5,8,10,16H2,1-2H3,(H,28,32). The second-order valence-corrected chi connectivity index (χ2v) is 8.78. The number of aryl methyl sites for hydroxylation is 2. The number of rotatable bonds is 4. The van der Waals surface area contributed by atoms with Crippen LogP contribution in [0.2, 0.25) is 0 Å². The second kappa shape index (κ2) is 8.62. The zero-order chi connectivity index (χ0) is 22.9. The summed E-state index contributed by atoms with van der Waals surface area (Å²) >= 11 is 0. The summed E-state index contributed by atoms with van der Waals surface area (Å²) < 4.78 is 5.81. The molecule has 2 aromatic carbocycles. The minimum Gasteiger partial charge on any atom is -0.467 e. The number of nitrogens with one attached hydrogen (secondary N) is 2. The van der Waals surface area contributed by atoms with Crippen LogP contribution in [-0.2, 0) is 9.59 Å². The monoisotopic (exact) mass is 441 g/mol. The van der Waals surface area contributed by atoms with Crippen molar-refractivity contribution in [3.05, 3.63) is 89.0 Å². The average Bonchev–Trinajstić information content (AvgIpc) is 3.25. The Bertz CT molecular complexity index is 1220. The number of para-hydroxylation sites is 2. The first kappa shape index (κ1) is 21.1. The molecule has 5 rings (SSSR count). The Balaban J connectivity index is 1.57. The molecule has 6 heteroatoms. The van der Waals surface area contributed by atoms with Crippen molar-refractivity contribution in [1.82, 2.24) is 0 Å². The number of hydrogen-bond acceptors (Lipinski definition) is 5. The van der Waals surface area contributed by atoms with Gasteiger partial charge in [0.15, 0.2) is 5.78 Å². The van der Waals surface area contributed by atoms with Gasteiger partial charge in [0.2, 0.25) is 5.91 Å². The summed E-state index contributed by atoms with van der Waals surface area (Å²) in [6.45, 7) is 4.09. The molecule has 1 aromatic heterocycles. The number of hydrogen-bond donors (Lipinski definition) is 2. The van der Waals surface area contributed by atoms with Gasteiger partial charge in [-0.15, -0.1) is 0 Å². The van der Waals surface area contributed by atoms with Crippen molar-refractivity contribution in [2.75, 3.05) is 22.1 Å². The van der Waals surface area contributed by atoms with Crippen LogP contribution in [0.3, 0.4) is 0 Å². The topological polar surface area (TPSA) is 74.6 Å². The molecule has 0 radical (unpaired) electrons. The van der Waals surface area contributed by atoms with E-state index in [1.807, 2.05) is 67.3 Å². The van der Waals surface area contributed by atoms with Crippen LogP contribution in [-0.4, -0.2) is 18.2 Å². The molecular weight excluding hydrogens is 414 g/mol. The third-order valence-electron chi connectivity index (χ3n) is 6.17. The summed E-state index contributed by atoms with van der Waals surface area (Å²) in [5.41, 5.74) is 6.28. The maximum Gasteiger partial charge on any atom is 0.243 e. The lowest BCUT2D eigenvalue weighted by atomic mass is 9.88. The van der Waals surface area contributed by atoms with E-state index in [0.29, 0.717) is 17.8 Å². The average molecular weight is 442 g/mol. The molecule has 0 saturated heterocycles. The van der Waals surface area contributed by atoms with E-state index in [9.17, 15) is 9.59 Å². The molecule has 1 atom stereocenters. The molecule has 1 aliphatic heterocycles. The Hall–Kier alpha value is -3.80. The van der Waals surface area contributed by atoms with Crippen molar-refractivity contribution in [2.24, 2.45) is 0 Å². The van der Waals surface area contributed by atoms with Gasteiger partial charge in [0.05, 0.1) is 24.2 Å². The maximum atomic E-state index is 13.3. The lowest BCUT2D eigenvalue weighted by Gasteiger charge is -2.33. The summed E-state index contributed by atoms with van der Waals surface area (Å²) in [5.74, 6) is 0.590. The van der Waals surface area contributed by atoms with Crippen molar-refractivity contribution in [1.29, 1.82) is 0 Å². The summed E-state index contributed by atoms with van der Waals surface area (Å²) in [4.78, 5) is 28.4. The number of furan rings is 1. The van der Waals surface area contributed by atoms with Crippen LogP contribution < -0.4 is 15.5 Å². The van der Waals surface area contributed by atoms with E-state index in [-0.39, 0.29) is 18.2 Å². The number of Topliss-reactive ketones (excluding diaryl/α,β-unsaturated/α-hetero) is 1. The molecule has 33 heavy (non-hydrogen) atoms. The molecule has 1 amide bonds. The molecular formula is C27H27N3O3. The number of carbonyl (C=O) groups excluding carboxylic acids is 2. The highest BCUT2D eigenvalue weighted by molar-refractivity contribution is 6.02. The molecule has 0 bridgehead atoms. The molecule has 168 valence electrons. The fourth-order valence-electron chi connectivity index (χ4n) is 4.92. The van der Waals surface area contributed by atoms with E-state index in [1.165, 1.54) is 0 Å². The third kappa shape index (κ3) is 4.16. The molecule has 6 nitrogen and oxygen atoms in total. The van der Waals surface area contributed by atoms with E-state index < -0.39 is 6.04 Å². The summed E-state index contributed by atoms with van der Waals surface area (Å²) in [5, 5.41) is 6.53. The number of ketones is 1. The quantitative estimate of drug-likeness (QED) is 0.558. The van der Waals surface area contributed by atoms with Crippen molar-refractivity contribution in [3.63, 3.8) is 0 Å². The molecule has 3 aromatic rings. The zero-order valence-electron chi connectivity index (χ0n) is 18.9. The molecule has 1 unspecified atom stereocenters. The largest absolute Gasteiger partial charge is 0.467 e. The molecule has 1 aliphatic carbocycles. The van der Waals surface area contributed by atoms with E-state index in [2.05, 4.69) is 16.7 Å². The fourth-order valence-corrected chi connectivity index (χ4v) is 4.92. The Morgan fingerprint density at radius 3 is 2.64 bits per heavy atom. The van der Waals surface area contributed by atoms with Crippen molar-refractivity contribution >= 4 is 28.8 Å². The SMILES string of the molecule is Cc1cc(C)cc(NC(=O)CN2c3ccccc3NC3=C(C(=O)CCC3)C2c2ccco2)c1. The Labute approximate surface area is 193 Å². The van der Waals surface area contributed by atoms with E-state index in [0.717, 1.165) is 46.7 Å². The molecule has 2 aliphatic rings. The first-order valence-electron chi connectivity index (χ1n) is 11.3. The summed E-state index contributed by atoms with van der Waals surface area (Å²) in [6, 6.07) is 17.1. The summed E-state index contributed by atoms with van der Waals surface area (Å²) in [7, 11) is 0. The summed E-state index contributed by atoms with van der Waals surface area (Å²) in [6.07, 6.45) is 3.71. The van der Waals surface area contributed by atoms with Gasteiger partial charge in [-0.3, -0.25) is 9.59 Å². The van der Waals surface area contributed by atoms with Crippen LogP contribution in [0.4, 0.5) is 17.1 Å². The smallest absolute Gasteiger partial charge is 0.243 e. The van der Waals surface area contributed by atoms with Crippen LogP contribution in [0.5, 0.6) is 0 Å². The molecule has 0 saturated carbocycles. The number of amides is 1. The first-order chi connectivity index (χ1) is 16.0. The van der Waals surface area contributed by atoms with Crippen LogP contribution in [0.25, 0.3) is 0 Å². The van der Waals surface area contributed by atoms with Crippen LogP contribution in [0.1, 0.15) is 42.2 Å². The van der Waals surface area contributed by atoms with Gasteiger partial charge in [-0.1, -0.05) is 18.2 Å². The Kier molecular flexibility index (Phi) is 5.50. The van der Waals surface area contributed by atoms with Gasteiger partial charge in [0.25, 0.3) is 0 Å². The minimum absolute atomic E-state index is 0.0705. The highest BCUT2D eigenvalue weighted by atomic mass is 16.3. The molecule has 0 spiro atoms. The number of fused-ring (bicyclic) bond motifs is 1. The van der Waals surface area contributed by atoms with E-state index in [1.54, 1.807) is 6.26 Å². The lowest BCUT2D eigenvalue weighted by molar-refractivity contribution is -0.117. The number of allylic oxidation sites excluding steroid dienone is 1. The van der Waals surface area contributed by atoms with Gasteiger partial charge in [-0.05, 0) is 74.2 Å². The normalized spacial score (nSPS) is 17.7. The predicted octanol–water partition coefficient (Wildman–Crippen LogP) is 5.52. The lowest BCUT2D eigenvalue weighted by Crippen LogP contribution is -2.38. The van der Waals surface area contributed by atoms with Gasteiger partial charge in [-0.25, -0.2) is 0 Å². The molecule has 2 N–H and O–H groups in total. The highest BCUT2D eigenvalue weighted by Crippen LogP contribution is 2.44. The van der Waals surface area contributed by atoms with Crippen LogP contribution in [0, 0.1) is 13.8 Å². The highest BCUT2D eigenvalue weighted by Gasteiger charge is 2.38. The van der Waals surface area contributed by atoms with Gasteiger partial charge < -0.3 is 20.0 Å². The van der Waals surface area contributed by atoms with E-state index >= 15 is 0 Å². The third-order valence-corrected chi connectivity index (χ3v) is 6.17. The van der Waals surface area contributed by atoms with Crippen molar-refractivity contribution < 1.29 is 14.0 Å². The predicted molar refractivity (Wildman–Crippen MR) is 129 cm³/mol. The number of nitrogens with zero attached hydrogens (tertiary/aromatic N) is 1. The zero-order valence-corrected chi connectivity index (χ0v) is 18.9. The Morgan fingerprint density at radius 2 is 1.88 bits per heavy atom. The number of anilines is 3. The first-order valence-corrected chi connectivity index (χ1v) is 11.3. The number of benzene rings is 2. The minimum atomic E-state index is -0.482. The van der Waals surface area contributed by atoms with Gasteiger partial charge in [-0.2, -0.15) is 0 Å². The maximum absolute atomic E-state index is 13.3. The van der Waals surface area contributed by atoms with Crippen LogP contribution >= 0.6 is 0 Å². The number of carbonyl (C=O) groups is 2. The van der Waals surface area contributed by atoms with Gasteiger partial charge in [0, 0.05) is 23.4 Å². The van der Waals surface area contributed by atoms with Gasteiger partial charge >= 0.3 is 0 Å². The van der Waals surface area contributed by atoms with Gasteiger partial charge in [0.1, 0.15) is 11.8 Å². The molecule has 0 fully saturated rings. The second-order valence-electron chi connectivity index (χ2n) is 8.78. The van der Waals surface area contributed by atoms with Crippen LogP contribution in [0.15, 0.2) is 76.5 Å². The van der Waals surface area contributed by atoms with Crippen molar-refractivity contribution in [3.8, 4) is 0 Å².